The number of rotatable bonds is 4. The minimum absolute atomic E-state index is 0.305. The number of amides is 1. The first-order chi connectivity index (χ1) is 13.2. The maximum Gasteiger partial charge on any atom is 0.249 e. The van der Waals surface area contributed by atoms with Crippen LogP contribution >= 0.6 is 11.6 Å². The molecule has 0 saturated heterocycles. The smallest absolute Gasteiger partial charge is 0.249 e. The number of carbonyl (C=O) groups is 1. The van der Waals surface area contributed by atoms with Gasteiger partial charge < -0.3 is 5.32 Å². The minimum atomic E-state index is -0.329. The van der Waals surface area contributed by atoms with Crippen LogP contribution in [0.4, 0.5) is 5.82 Å². The average molecular weight is 380 g/mol. The highest BCUT2D eigenvalue weighted by molar-refractivity contribution is 6.32. The molecule has 5 nitrogen and oxygen atoms in total. The molecule has 1 aromatic heterocycles. The summed E-state index contributed by atoms with van der Waals surface area (Å²) in [6, 6.07) is 13.5. The fourth-order valence-corrected chi connectivity index (χ4v) is 3.47. The summed E-state index contributed by atoms with van der Waals surface area (Å²) in [7, 11) is 0. The number of nitrogens with zero attached hydrogens (tertiary/aromatic N) is 2. The van der Waals surface area contributed by atoms with E-state index in [1.165, 1.54) is 30.0 Å². The summed E-state index contributed by atoms with van der Waals surface area (Å²) in [5, 5.41) is 11.1. The number of halogens is 1. The predicted molar refractivity (Wildman–Crippen MR) is 105 cm³/mol. The first-order valence-electron chi connectivity index (χ1n) is 8.89. The van der Waals surface area contributed by atoms with Crippen LogP contribution in [0.2, 0.25) is 5.02 Å². The van der Waals surface area contributed by atoms with Crippen molar-refractivity contribution in [2.75, 3.05) is 5.32 Å². The maximum atomic E-state index is 12.3. The standard InChI is InChI=1S/C21H18ClN3O2/c22-18-8-4-3-6-15(18)11-12-19(26)23-21-20(24-27-25-21)17-10-9-14-5-1-2-7-16(14)13-17/h3-4,6,8-13H,1-2,5,7H2,(H,23,25,26)/b12-11+. The molecule has 0 fully saturated rings. The molecule has 1 N–H and O–H groups in total. The molecule has 27 heavy (non-hydrogen) atoms. The number of carbonyl (C=O) groups excluding carboxylic acids is 1. The van der Waals surface area contributed by atoms with Gasteiger partial charge in [0.05, 0.1) is 0 Å². The van der Waals surface area contributed by atoms with E-state index in [9.17, 15) is 4.79 Å². The van der Waals surface area contributed by atoms with Gasteiger partial charge in [-0.15, -0.1) is 0 Å². The van der Waals surface area contributed by atoms with Gasteiger partial charge in [-0.05, 0) is 70.9 Å². The Morgan fingerprint density at radius 3 is 2.74 bits per heavy atom. The molecule has 0 unspecified atom stereocenters. The Balaban J connectivity index is 1.52. The Bertz CT molecular complexity index is 1010. The van der Waals surface area contributed by atoms with Crippen LogP contribution in [0, 0.1) is 0 Å². The number of anilines is 1. The van der Waals surface area contributed by atoms with E-state index in [1.54, 1.807) is 12.1 Å². The Labute approximate surface area is 162 Å². The van der Waals surface area contributed by atoms with Gasteiger partial charge in [0.1, 0.15) is 0 Å². The molecule has 2 aromatic carbocycles. The summed E-state index contributed by atoms with van der Waals surface area (Å²) >= 11 is 6.09. The van der Waals surface area contributed by atoms with Gasteiger partial charge in [-0.3, -0.25) is 4.79 Å². The Morgan fingerprint density at radius 2 is 1.89 bits per heavy atom. The van der Waals surface area contributed by atoms with E-state index in [-0.39, 0.29) is 5.91 Å². The first-order valence-corrected chi connectivity index (χ1v) is 9.27. The molecule has 136 valence electrons. The van der Waals surface area contributed by atoms with Crippen LogP contribution in [0.3, 0.4) is 0 Å². The molecular formula is C21H18ClN3O2. The molecular weight excluding hydrogens is 362 g/mol. The highest BCUT2D eigenvalue weighted by atomic mass is 35.5. The van der Waals surface area contributed by atoms with Gasteiger partial charge in [0.2, 0.25) is 11.7 Å². The van der Waals surface area contributed by atoms with E-state index >= 15 is 0 Å². The normalized spacial score (nSPS) is 13.5. The zero-order chi connectivity index (χ0) is 18.6. The Kier molecular flexibility index (Phi) is 5.03. The lowest BCUT2D eigenvalue weighted by molar-refractivity contribution is -0.111. The number of nitrogens with one attached hydrogen (secondary N) is 1. The van der Waals surface area contributed by atoms with Crippen LogP contribution in [-0.4, -0.2) is 16.2 Å². The molecule has 0 spiro atoms. The number of fused-ring (bicyclic) bond motifs is 1. The second-order valence-corrected chi connectivity index (χ2v) is 6.90. The average Bonchev–Trinajstić information content (AvgIpc) is 3.15. The van der Waals surface area contributed by atoms with Gasteiger partial charge in [-0.25, -0.2) is 4.63 Å². The van der Waals surface area contributed by atoms with Gasteiger partial charge in [0, 0.05) is 16.7 Å². The molecule has 0 radical (unpaired) electrons. The van der Waals surface area contributed by atoms with E-state index in [4.69, 9.17) is 16.2 Å². The Hall–Kier alpha value is -2.92. The van der Waals surface area contributed by atoms with Crippen LogP contribution in [0.1, 0.15) is 29.5 Å². The van der Waals surface area contributed by atoms with Gasteiger partial charge in [0.15, 0.2) is 5.69 Å². The van der Waals surface area contributed by atoms with E-state index in [0.717, 1.165) is 24.0 Å². The number of hydrogen-bond acceptors (Lipinski definition) is 4. The quantitative estimate of drug-likeness (QED) is 0.653. The monoisotopic (exact) mass is 379 g/mol. The molecule has 0 bridgehead atoms. The fourth-order valence-electron chi connectivity index (χ4n) is 3.27. The number of aromatic nitrogens is 2. The van der Waals surface area contributed by atoms with Crippen molar-refractivity contribution in [1.29, 1.82) is 0 Å². The van der Waals surface area contributed by atoms with Gasteiger partial charge >= 0.3 is 0 Å². The molecule has 1 aliphatic rings. The molecule has 1 amide bonds. The zero-order valence-electron chi connectivity index (χ0n) is 14.6. The summed E-state index contributed by atoms with van der Waals surface area (Å²) < 4.78 is 4.87. The lowest BCUT2D eigenvalue weighted by atomic mass is 9.90. The highest BCUT2D eigenvalue weighted by Crippen LogP contribution is 2.29. The topological polar surface area (TPSA) is 68.0 Å². The molecule has 0 atom stereocenters. The molecule has 6 heteroatoms. The lowest BCUT2D eigenvalue weighted by Gasteiger charge is -2.16. The van der Waals surface area contributed by atoms with Crippen LogP contribution in [0.5, 0.6) is 0 Å². The van der Waals surface area contributed by atoms with E-state index in [2.05, 4.69) is 27.8 Å². The summed E-state index contributed by atoms with van der Waals surface area (Å²) in [5.74, 6) is -0.0237. The third kappa shape index (κ3) is 3.93. The van der Waals surface area contributed by atoms with Crippen LogP contribution in [0.25, 0.3) is 17.3 Å². The van der Waals surface area contributed by atoms with Crippen LogP contribution in [0.15, 0.2) is 53.2 Å². The number of hydrogen-bond donors (Lipinski definition) is 1. The molecule has 4 rings (SSSR count). The first kappa shape index (κ1) is 17.5. The SMILES string of the molecule is O=C(/C=C/c1ccccc1Cl)Nc1nonc1-c1ccc2c(c1)CCCC2. The van der Waals surface area contributed by atoms with E-state index in [1.807, 2.05) is 24.3 Å². The van der Waals surface area contributed by atoms with Gasteiger partial charge in [-0.1, -0.05) is 41.9 Å². The van der Waals surface area contributed by atoms with E-state index < -0.39 is 0 Å². The van der Waals surface area contributed by atoms with Crippen molar-refractivity contribution >= 4 is 29.4 Å². The van der Waals surface area contributed by atoms with Crippen LogP contribution < -0.4 is 5.32 Å². The lowest BCUT2D eigenvalue weighted by Crippen LogP contribution is -2.09. The van der Waals surface area contributed by atoms with Crippen molar-refractivity contribution < 1.29 is 9.42 Å². The third-order valence-electron chi connectivity index (χ3n) is 4.67. The maximum absolute atomic E-state index is 12.3. The van der Waals surface area contributed by atoms with Crippen molar-refractivity contribution in [1.82, 2.24) is 10.3 Å². The summed E-state index contributed by atoms with van der Waals surface area (Å²) in [4.78, 5) is 12.3. The number of aryl methyl sites for hydroxylation is 2. The minimum Gasteiger partial charge on any atom is -0.302 e. The second-order valence-electron chi connectivity index (χ2n) is 6.50. The third-order valence-corrected chi connectivity index (χ3v) is 5.02. The van der Waals surface area contributed by atoms with Crippen molar-refractivity contribution in [3.05, 3.63) is 70.3 Å². The predicted octanol–water partition coefficient (Wildman–Crippen LogP) is 4.92. The second kappa shape index (κ2) is 7.76. The fraction of sp³-hybridized carbons (Fsp3) is 0.190. The van der Waals surface area contributed by atoms with Crippen molar-refractivity contribution in [2.24, 2.45) is 0 Å². The van der Waals surface area contributed by atoms with Crippen molar-refractivity contribution in [2.45, 2.75) is 25.7 Å². The van der Waals surface area contributed by atoms with E-state index in [0.29, 0.717) is 16.5 Å². The molecule has 0 aliphatic heterocycles. The van der Waals surface area contributed by atoms with Gasteiger partial charge in [-0.2, -0.15) is 0 Å². The zero-order valence-corrected chi connectivity index (χ0v) is 15.4. The van der Waals surface area contributed by atoms with Crippen molar-refractivity contribution in [3.8, 4) is 11.3 Å². The summed E-state index contributed by atoms with van der Waals surface area (Å²) in [5.41, 5.74) is 4.90. The van der Waals surface area contributed by atoms with Crippen molar-refractivity contribution in [3.63, 3.8) is 0 Å². The molecule has 1 heterocycles. The Morgan fingerprint density at radius 1 is 1.07 bits per heavy atom. The van der Waals surface area contributed by atoms with Crippen LogP contribution in [-0.2, 0) is 17.6 Å². The highest BCUT2D eigenvalue weighted by Gasteiger charge is 2.17. The molecule has 1 aliphatic carbocycles. The largest absolute Gasteiger partial charge is 0.302 e. The molecule has 3 aromatic rings. The summed E-state index contributed by atoms with van der Waals surface area (Å²) in [6.07, 6.45) is 7.68. The van der Waals surface area contributed by atoms with Gasteiger partial charge in [0.25, 0.3) is 0 Å². The summed E-state index contributed by atoms with van der Waals surface area (Å²) in [6.45, 7) is 0. The molecule has 0 saturated carbocycles. The number of benzene rings is 2.